The third-order valence-electron chi connectivity index (χ3n) is 3.72. The van der Waals surface area contributed by atoms with Gasteiger partial charge >= 0.3 is 0 Å². The Morgan fingerprint density at radius 1 is 1.15 bits per heavy atom. The molecule has 0 fully saturated rings. The van der Waals surface area contributed by atoms with Crippen LogP contribution in [0.3, 0.4) is 0 Å². The van der Waals surface area contributed by atoms with Gasteiger partial charge in [-0.15, -0.1) is 11.3 Å². The minimum atomic E-state index is -0.450. The summed E-state index contributed by atoms with van der Waals surface area (Å²) in [6.45, 7) is 4.21. The summed E-state index contributed by atoms with van der Waals surface area (Å²) in [4.78, 5) is 16.5. The number of rotatable bonds is 6. The number of anilines is 1. The largest absolute Gasteiger partial charge is 0.486 e. The van der Waals surface area contributed by atoms with E-state index in [1.165, 1.54) is 23.0 Å². The van der Waals surface area contributed by atoms with Crippen LogP contribution in [-0.2, 0) is 17.8 Å². The fourth-order valence-corrected chi connectivity index (χ4v) is 3.07. The first-order chi connectivity index (χ1) is 12.5. The fourth-order valence-electron chi connectivity index (χ4n) is 2.37. The highest BCUT2D eigenvalue weighted by Crippen LogP contribution is 2.18. The van der Waals surface area contributed by atoms with E-state index in [9.17, 15) is 9.18 Å². The van der Waals surface area contributed by atoms with Crippen molar-refractivity contribution in [3.8, 4) is 5.75 Å². The summed E-state index contributed by atoms with van der Waals surface area (Å²) < 4.78 is 19.4. The Morgan fingerprint density at radius 3 is 2.65 bits per heavy atom. The van der Waals surface area contributed by atoms with Crippen LogP contribution >= 0.6 is 11.3 Å². The van der Waals surface area contributed by atoms with Crippen LogP contribution in [0.4, 0.5) is 10.1 Å². The molecule has 2 aromatic carbocycles. The van der Waals surface area contributed by atoms with Crippen molar-refractivity contribution in [3.63, 3.8) is 0 Å². The number of carbonyl (C=O) groups is 1. The molecule has 1 amide bonds. The van der Waals surface area contributed by atoms with Gasteiger partial charge in [0.05, 0.1) is 17.8 Å². The highest BCUT2D eigenvalue weighted by Gasteiger charge is 2.11. The van der Waals surface area contributed by atoms with E-state index in [2.05, 4.69) is 10.3 Å². The molecule has 6 heteroatoms. The van der Waals surface area contributed by atoms with Gasteiger partial charge in [-0.2, -0.15) is 0 Å². The number of carbonyl (C=O) groups excluding carboxylic acids is 1. The number of halogens is 1. The monoisotopic (exact) mass is 370 g/mol. The Labute approximate surface area is 155 Å². The molecule has 26 heavy (non-hydrogen) atoms. The molecule has 134 valence electrons. The zero-order valence-electron chi connectivity index (χ0n) is 14.6. The zero-order valence-corrected chi connectivity index (χ0v) is 15.4. The van der Waals surface area contributed by atoms with Crippen LogP contribution in [0.5, 0.6) is 5.75 Å². The molecule has 1 heterocycles. The first kappa shape index (κ1) is 18.1. The van der Waals surface area contributed by atoms with Gasteiger partial charge in [0.25, 0.3) is 0 Å². The maximum atomic E-state index is 13.7. The number of hydrogen-bond donors (Lipinski definition) is 1. The van der Waals surface area contributed by atoms with Crippen molar-refractivity contribution in [1.82, 2.24) is 4.98 Å². The van der Waals surface area contributed by atoms with E-state index in [1.54, 1.807) is 12.1 Å². The molecule has 0 aliphatic carbocycles. The Balaban J connectivity index is 1.55. The highest BCUT2D eigenvalue weighted by atomic mass is 32.1. The fraction of sp³-hybridized carbons (Fsp3) is 0.200. The summed E-state index contributed by atoms with van der Waals surface area (Å²) in [6.07, 6.45) is 0.0917. The van der Waals surface area contributed by atoms with Crippen LogP contribution in [0.2, 0.25) is 0 Å². The molecule has 4 nitrogen and oxygen atoms in total. The van der Waals surface area contributed by atoms with Crippen molar-refractivity contribution in [3.05, 3.63) is 75.5 Å². The average Bonchev–Trinajstić information content (AvgIpc) is 3.05. The number of ether oxygens (including phenoxy) is 1. The van der Waals surface area contributed by atoms with E-state index in [-0.39, 0.29) is 18.0 Å². The molecule has 0 saturated carbocycles. The molecular formula is C20H19FN2O2S. The maximum absolute atomic E-state index is 13.7. The molecule has 1 aromatic heterocycles. The molecule has 1 N–H and O–H groups in total. The Bertz CT molecular complexity index is 906. The van der Waals surface area contributed by atoms with Gasteiger partial charge in [-0.05, 0) is 43.7 Å². The van der Waals surface area contributed by atoms with Gasteiger partial charge in [0.1, 0.15) is 23.2 Å². The quantitative estimate of drug-likeness (QED) is 0.687. The van der Waals surface area contributed by atoms with Crippen molar-refractivity contribution in [2.75, 3.05) is 5.32 Å². The van der Waals surface area contributed by atoms with Crippen molar-refractivity contribution >= 4 is 22.9 Å². The first-order valence-corrected chi connectivity index (χ1v) is 9.06. The standard InChI is InChI=1S/C20H19FN2O2S/c1-13-3-6-16(7-4-13)25-11-20-22-15(12-26-20)10-19(24)23-18-9-14(2)5-8-17(18)21/h3-9,12H,10-11H2,1-2H3,(H,23,24). The summed E-state index contributed by atoms with van der Waals surface area (Å²) in [5.74, 6) is 0.0280. The van der Waals surface area contributed by atoms with E-state index >= 15 is 0 Å². The maximum Gasteiger partial charge on any atom is 0.230 e. The van der Waals surface area contributed by atoms with Crippen LogP contribution in [-0.4, -0.2) is 10.9 Å². The summed E-state index contributed by atoms with van der Waals surface area (Å²) in [5, 5.41) is 5.20. The number of nitrogens with one attached hydrogen (secondary N) is 1. The molecule has 3 rings (SSSR count). The average molecular weight is 370 g/mol. The minimum absolute atomic E-state index is 0.0917. The molecule has 0 unspecified atom stereocenters. The highest BCUT2D eigenvalue weighted by molar-refractivity contribution is 7.09. The summed E-state index contributed by atoms with van der Waals surface area (Å²) in [6, 6.07) is 12.4. The van der Waals surface area contributed by atoms with Gasteiger partial charge in [0.15, 0.2) is 0 Å². The number of benzene rings is 2. The molecule has 0 saturated heterocycles. The van der Waals surface area contributed by atoms with E-state index < -0.39 is 5.82 Å². The molecular weight excluding hydrogens is 351 g/mol. The number of aromatic nitrogens is 1. The third kappa shape index (κ3) is 4.89. The Kier molecular flexibility index (Phi) is 5.63. The van der Waals surface area contributed by atoms with Crippen LogP contribution in [0.1, 0.15) is 21.8 Å². The van der Waals surface area contributed by atoms with Crippen LogP contribution in [0.25, 0.3) is 0 Å². The third-order valence-corrected chi connectivity index (χ3v) is 4.59. The first-order valence-electron chi connectivity index (χ1n) is 8.18. The summed E-state index contributed by atoms with van der Waals surface area (Å²) in [5.41, 5.74) is 2.88. The molecule has 0 aliphatic heterocycles. The number of hydrogen-bond acceptors (Lipinski definition) is 4. The Morgan fingerprint density at radius 2 is 1.88 bits per heavy atom. The van der Waals surface area contributed by atoms with E-state index in [4.69, 9.17) is 4.74 Å². The van der Waals surface area contributed by atoms with Gasteiger partial charge in [0.2, 0.25) is 5.91 Å². The van der Waals surface area contributed by atoms with Gasteiger partial charge < -0.3 is 10.1 Å². The topological polar surface area (TPSA) is 51.2 Å². The summed E-state index contributed by atoms with van der Waals surface area (Å²) in [7, 11) is 0. The molecule has 0 spiro atoms. The van der Waals surface area contributed by atoms with Crippen molar-refractivity contribution in [2.24, 2.45) is 0 Å². The minimum Gasteiger partial charge on any atom is -0.486 e. The lowest BCUT2D eigenvalue weighted by Crippen LogP contribution is -2.15. The van der Waals surface area contributed by atoms with Crippen molar-refractivity contribution < 1.29 is 13.9 Å². The normalized spacial score (nSPS) is 10.6. The second-order valence-electron chi connectivity index (χ2n) is 6.04. The number of nitrogens with zero attached hydrogens (tertiary/aromatic N) is 1. The molecule has 0 bridgehead atoms. The van der Waals surface area contributed by atoms with E-state index in [0.717, 1.165) is 16.3 Å². The smallest absolute Gasteiger partial charge is 0.230 e. The number of thiazole rings is 1. The second kappa shape index (κ2) is 8.10. The summed E-state index contributed by atoms with van der Waals surface area (Å²) >= 11 is 1.44. The van der Waals surface area contributed by atoms with Crippen molar-refractivity contribution in [2.45, 2.75) is 26.9 Å². The molecule has 0 atom stereocenters. The molecule has 3 aromatic rings. The lowest BCUT2D eigenvalue weighted by atomic mass is 10.2. The zero-order chi connectivity index (χ0) is 18.5. The van der Waals surface area contributed by atoms with Gasteiger partial charge in [0, 0.05) is 5.38 Å². The van der Waals surface area contributed by atoms with Gasteiger partial charge in [-0.25, -0.2) is 9.37 Å². The number of aryl methyl sites for hydroxylation is 2. The van der Waals surface area contributed by atoms with E-state index in [1.807, 2.05) is 43.5 Å². The lowest BCUT2D eigenvalue weighted by Gasteiger charge is -2.06. The Hall–Kier alpha value is -2.73. The van der Waals surface area contributed by atoms with E-state index in [0.29, 0.717) is 12.3 Å². The molecule has 0 radical (unpaired) electrons. The van der Waals surface area contributed by atoms with Crippen molar-refractivity contribution in [1.29, 1.82) is 0 Å². The van der Waals surface area contributed by atoms with Crippen LogP contribution in [0, 0.1) is 19.7 Å². The van der Waals surface area contributed by atoms with Crippen LogP contribution < -0.4 is 10.1 Å². The van der Waals surface area contributed by atoms with Crippen LogP contribution in [0.15, 0.2) is 47.8 Å². The van der Waals surface area contributed by atoms with Gasteiger partial charge in [-0.3, -0.25) is 4.79 Å². The molecule has 0 aliphatic rings. The second-order valence-corrected chi connectivity index (χ2v) is 6.99. The predicted octanol–water partition coefficient (Wildman–Crippen LogP) is 4.66. The SMILES string of the molecule is Cc1ccc(OCc2nc(CC(=O)Nc3cc(C)ccc3F)cs2)cc1. The van der Waals surface area contributed by atoms with Gasteiger partial charge in [-0.1, -0.05) is 23.8 Å². The lowest BCUT2D eigenvalue weighted by molar-refractivity contribution is -0.115. The number of amides is 1. The predicted molar refractivity (Wildman–Crippen MR) is 101 cm³/mol.